The van der Waals surface area contributed by atoms with Gasteiger partial charge in [0, 0.05) is 18.8 Å². The van der Waals surface area contributed by atoms with Gasteiger partial charge in [0.1, 0.15) is 0 Å². The largest absolute Gasteiger partial charge is 0.383 e. The highest BCUT2D eigenvalue weighted by Crippen LogP contribution is 2.20. The fourth-order valence-corrected chi connectivity index (χ4v) is 1.58. The number of rotatable bonds is 4. The summed E-state index contributed by atoms with van der Waals surface area (Å²) in [6.45, 7) is 7.09. The van der Waals surface area contributed by atoms with Crippen LogP contribution in [0.15, 0.2) is 18.2 Å². The van der Waals surface area contributed by atoms with E-state index < -0.39 is 0 Å². The molecule has 1 aromatic carbocycles. The fraction of sp³-hybridized carbons (Fsp3) is 0.500. The van der Waals surface area contributed by atoms with E-state index in [-0.39, 0.29) is 0 Å². The minimum absolute atomic E-state index is 0.347. The molecule has 0 saturated carbocycles. The average Bonchev–Trinajstić information content (AvgIpc) is 2.12. The number of para-hydroxylation sites is 1. The van der Waals surface area contributed by atoms with E-state index in [9.17, 15) is 0 Å². The molecule has 0 bridgehead atoms. The summed E-state index contributed by atoms with van der Waals surface area (Å²) in [6, 6.07) is 6.67. The zero-order valence-corrected chi connectivity index (χ0v) is 9.42. The summed E-state index contributed by atoms with van der Waals surface area (Å²) < 4.78 is 5.09. The third-order valence-corrected chi connectivity index (χ3v) is 2.29. The lowest BCUT2D eigenvalue weighted by atomic mass is 10.1. The second kappa shape index (κ2) is 5.01. The maximum atomic E-state index is 5.09. The van der Waals surface area contributed by atoms with Crippen molar-refractivity contribution in [1.29, 1.82) is 0 Å². The Morgan fingerprint density at radius 1 is 1.29 bits per heavy atom. The molecule has 0 unspecified atom stereocenters. The zero-order chi connectivity index (χ0) is 10.6. The van der Waals surface area contributed by atoms with Crippen LogP contribution >= 0.6 is 0 Å². The molecule has 1 aromatic rings. The Hall–Kier alpha value is -1.02. The summed E-state index contributed by atoms with van der Waals surface area (Å²) in [5.41, 5.74) is 3.80. The van der Waals surface area contributed by atoms with E-state index in [1.54, 1.807) is 7.11 Å². The quantitative estimate of drug-likeness (QED) is 0.794. The molecule has 0 fully saturated rings. The Labute approximate surface area is 86.3 Å². The number of benzene rings is 1. The standard InChI is InChI=1S/C12H19NO/c1-9-6-5-7-10(2)12(9)13-11(3)8-14-4/h5-7,11,13H,8H2,1-4H3/t11-/m0/s1. The topological polar surface area (TPSA) is 21.3 Å². The molecule has 0 aromatic heterocycles. The summed E-state index contributed by atoms with van der Waals surface area (Å²) in [4.78, 5) is 0. The molecule has 0 saturated heterocycles. The Bertz CT molecular complexity index is 276. The van der Waals surface area contributed by atoms with Gasteiger partial charge in [-0.3, -0.25) is 0 Å². The summed E-state index contributed by atoms with van der Waals surface area (Å²) >= 11 is 0. The smallest absolute Gasteiger partial charge is 0.0661 e. The molecule has 0 radical (unpaired) electrons. The van der Waals surface area contributed by atoms with E-state index in [0.29, 0.717) is 6.04 Å². The average molecular weight is 193 g/mol. The van der Waals surface area contributed by atoms with Crippen molar-refractivity contribution in [2.45, 2.75) is 26.8 Å². The van der Waals surface area contributed by atoms with E-state index in [0.717, 1.165) is 6.61 Å². The third-order valence-electron chi connectivity index (χ3n) is 2.29. The first-order valence-corrected chi connectivity index (χ1v) is 4.97. The van der Waals surface area contributed by atoms with Gasteiger partial charge in [0.2, 0.25) is 0 Å². The molecule has 78 valence electrons. The molecule has 0 aliphatic carbocycles. The van der Waals surface area contributed by atoms with Gasteiger partial charge in [-0.15, -0.1) is 0 Å². The second-order valence-electron chi connectivity index (χ2n) is 3.77. The minimum atomic E-state index is 0.347. The predicted octanol–water partition coefficient (Wildman–Crippen LogP) is 2.75. The van der Waals surface area contributed by atoms with Crippen LogP contribution in [0.5, 0.6) is 0 Å². The molecule has 0 spiro atoms. The first kappa shape index (κ1) is 11.1. The van der Waals surface area contributed by atoms with Crippen LogP contribution < -0.4 is 5.32 Å². The van der Waals surface area contributed by atoms with Gasteiger partial charge in [0.05, 0.1) is 6.61 Å². The number of anilines is 1. The lowest BCUT2D eigenvalue weighted by molar-refractivity contribution is 0.190. The molecule has 0 aliphatic rings. The van der Waals surface area contributed by atoms with Gasteiger partial charge in [-0.1, -0.05) is 18.2 Å². The second-order valence-corrected chi connectivity index (χ2v) is 3.77. The number of nitrogens with one attached hydrogen (secondary N) is 1. The zero-order valence-electron chi connectivity index (χ0n) is 9.42. The summed E-state index contributed by atoms with van der Waals surface area (Å²) in [6.07, 6.45) is 0. The normalized spacial score (nSPS) is 12.6. The van der Waals surface area contributed by atoms with Crippen LogP contribution in [0.3, 0.4) is 0 Å². The molecule has 0 heterocycles. The molecule has 1 atom stereocenters. The SMILES string of the molecule is COC[C@H](C)Nc1c(C)cccc1C. The molecular weight excluding hydrogens is 174 g/mol. The summed E-state index contributed by atoms with van der Waals surface area (Å²) in [7, 11) is 1.73. The molecule has 1 N–H and O–H groups in total. The van der Waals surface area contributed by atoms with Crippen LogP contribution in [-0.4, -0.2) is 19.8 Å². The Morgan fingerprint density at radius 3 is 2.36 bits per heavy atom. The van der Waals surface area contributed by atoms with Gasteiger partial charge < -0.3 is 10.1 Å². The maximum Gasteiger partial charge on any atom is 0.0661 e. The fourth-order valence-electron chi connectivity index (χ4n) is 1.58. The molecule has 14 heavy (non-hydrogen) atoms. The van der Waals surface area contributed by atoms with Crippen molar-refractivity contribution in [2.75, 3.05) is 19.0 Å². The van der Waals surface area contributed by atoms with E-state index in [1.165, 1.54) is 16.8 Å². The van der Waals surface area contributed by atoms with Gasteiger partial charge in [-0.25, -0.2) is 0 Å². The van der Waals surface area contributed by atoms with E-state index in [4.69, 9.17) is 4.74 Å². The number of hydrogen-bond donors (Lipinski definition) is 1. The highest BCUT2D eigenvalue weighted by molar-refractivity contribution is 5.57. The Kier molecular flexibility index (Phi) is 3.96. The lowest BCUT2D eigenvalue weighted by Crippen LogP contribution is -2.21. The van der Waals surface area contributed by atoms with Crippen molar-refractivity contribution < 1.29 is 4.74 Å². The van der Waals surface area contributed by atoms with Gasteiger partial charge in [-0.05, 0) is 31.9 Å². The van der Waals surface area contributed by atoms with Crippen molar-refractivity contribution in [1.82, 2.24) is 0 Å². The van der Waals surface area contributed by atoms with Crippen molar-refractivity contribution in [3.8, 4) is 0 Å². The van der Waals surface area contributed by atoms with Crippen LogP contribution in [0, 0.1) is 13.8 Å². The molecular formula is C12H19NO. The Balaban J connectivity index is 2.75. The third kappa shape index (κ3) is 2.74. The van der Waals surface area contributed by atoms with Crippen LogP contribution in [0.4, 0.5) is 5.69 Å². The highest BCUT2D eigenvalue weighted by atomic mass is 16.5. The van der Waals surface area contributed by atoms with E-state index in [2.05, 4.69) is 44.3 Å². The van der Waals surface area contributed by atoms with Crippen LogP contribution in [0.25, 0.3) is 0 Å². The number of aryl methyl sites for hydroxylation is 2. The first-order valence-electron chi connectivity index (χ1n) is 4.97. The van der Waals surface area contributed by atoms with Crippen molar-refractivity contribution in [2.24, 2.45) is 0 Å². The highest BCUT2D eigenvalue weighted by Gasteiger charge is 2.05. The molecule has 1 rings (SSSR count). The van der Waals surface area contributed by atoms with Crippen molar-refractivity contribution >= 4 is 5.69 Å². The molecule has 2 nitrogen and oxygen atoms in total. The van der Waals surface area contributed by atoms with Gasteiger partial charge in [-0.2, -0.15) is 0 Å². The first-order chi connectivity index (χ1) is 6.65. The van der Waals surface area contributed by atoms with Gasteiger partial charge >= 0.3 is 0 Å². The van der Waals surface area contributed by atoms with Crippen LogP contribution in [0.2, 0.25) is 0 Å². The van der Waals surface area contributed by atoms with E-state index in [1.807, 2.05) is 0 Å². The van der Waals surface area contributed by atoms with Crippen LogP contribution in [0.1, 0.15) is 18.1 Å². The Morgan fingerprint density at radius 2 is 1.86 bits per heavy atom. The minimum Gasteiger partial charge on any atom is -0.383 e. The molecule has 0 aliphatic heterocycles. The van der Waals surface area contributed by atoms with Crippen molar-refractivity contribution in [3.63, 3.8) is 0 Å². The summed E-state index contributed by atoms with van der Waals surface area (Å²) in [5, 5.41) is 3.45. The monoisotopic (exact) mass is 193 g/mol. The number of ether oxygens (including phenoxy) is 1. The van der Waals surface area contributed by atoms with Gasteiger partial charge in [0.25, 0.3) is 0 Å². The maximum absolute atomic E-state index is 5.09. The van der Waals surface area contributed by atoms with E-state index >= 15 is 0 Å². The van der Waals surface area contributed by atoms with Crippen molar-refractivity contribution in [3.05, 3.63) is 29.3 Å². The van der Waals surface area contributed by atoms with Crippen LogP contribution in [-0.2, 0) is 4.74 Å². The summed E-state index contributed by atoms with van der Waals surface area (Å²) in [5.74, 6) is 0. The number of hydrogen-bond acceptors (Lipinski definition) is 2. The van der Waals surface area contributed by atoms with Gasteiger partial charge in [0.15, 0.2) is 0 Å². The lowest BCUT2D eigenvalue weighted by Gasteiger charge is -2.18. The molecule has 2 heteroatoms. The predicted molar refractivity (Wildman–Crippen MR) is 60.9 cm³/mol. The number of methoxy groups -OCH3 is 1. The molecule has 0 amide bonds.